The number of hydrogen-bond donors (Lipinski definition) is 1. The maximum absolute atomic E-state index is 4.81. The first kappa shape index (κ1) is 16.8. The van der Waals surface area contributed by atoms with Crippen LogP contribution >= 0.6 is 0 Å². The molecule has 26 heavy (non-hydrogen) atoms. The van der Waals surface area contributed by atoms with E-state index in [1.54, 1.807) is 0 Å². The summed E-state index contributed by atoms with van der Waals surface area (Å²) in [5, 5.41) is 0. The Balaban J connectivity index is 1.74. The monoisotopic (exact) mass is 351 g/mol. The molecular formula is C19H25N7. The molecule has 0 radical (unpaired) electrons. The van der Waals surface area contributed by atoms with Crippen molar-refractivity contribution in [2.75, 3.05) is 30.4 Å². The fraction of sp³-hybridized carbons (Fsp3) is 0.474. The Morgan fingerprint density at radius 2 is 1.92 bits per heavy atom. The molecule has 3 aromatic rings. The average Bonchev–Trinajstić information content (AvgIpc) is 3.27. The second kappa shape index (κ2) is 6.55. The lowest BCUT2D eigenvalue weighted by atomic mass is 10.2. The van der Waals surface area contributed by atoms with E-state index in [0.29, 0.717) is 5.95 Å². The lowest BCUT2D eigenvalue weighted by Gasteiger charge is -2.25. The van der Waals surface area contributed by atoms with Crippen molar-refractivity contribution in [3.8, 4) is 0 Å². The van der Waals surface area contributed by atoms with Gasteiger partial charge in [-0.25, -0.2) is 4.98 Å². The van der Waals surface area contributed by atoms with Gasteiger partial charge in [0.2, 0.25) is 11.9 Å². The van der Waals surface area contributed by atoms with Crippen LogP contribution in [0.4, 0.5) is 11.9 Å². The van der Waals surface area contributed by atoms with Crippen LogP contribution < -0.4 is 9.80 Å². The van der Waals surface area contributed by atoms with Crippen molar-refractivity contribution in [3.05, 3.63) is 35.9 Å². The first-order chi connectivity index (χ1) is 12.5. The average molecular weight is 351 g/mol. The van der Waals surface area contributed by atoms with Gasteiger partial charge in [-0.3, -0.25) is 0 Å². The highest BCUT2D eigenvalue weighted by atomic mass is 15.4. The molecule has 1 saturated heterocycles. The third-order valence-electron chi connectivity index (χ3n) is 4.78. The minimum absolute atomic E-state index is 0.167. The third-order valence-corrected chi connectivity index (χ3v) is 4.78. The highest BCUT2D eigenvalue weighted by Crippen LogP contribution is 2.34. The zero-order chi connectivity index (χ0) is 18.3. The molecule has 1 atom stereocenters. The molecule has 0 spiro atoms. The number of anilines is 2. The summed E-state index contributed by atoms with van der Waals surface area (Å²) in [5.41, 5.74) is 2.07. The number of H-pyrrole nitrogens is 1. The van der Waals surface area contributed by atoms with Crippen molar-refractivity contribution in [3.63, 3.8) is 0 Å². The van der Waals surface area contributed by atoms with Crippen LogP contribution in [-0.4, -0.2) is 45.6 Å². The topological polar surface area (TPSA) is 73.8 Å². The summed E-state index contributed by atoms with van der Waals surface area (Å²) in [6.07, 6.45) is 2.14. The number of aromatic nitrogens is 5. The van der Waals surface area contributed by atoms with E-state index < -0.39 is 0 Å². The van der Waals surface area contributed by atoms with Gasteiger partial charge in [0.25, 0.3) is 0 Å². The van der Waals surface area contributed by atoms with E-state index >= 15 is 0 Å². The summed E-state index contributed by atoms with van der Waals surface area (Å²) in [6, 6.07) is 8.32. The second-order valence-corrected chi connectivity index (χ2v) is 7.33. The minimum atomic E-state index is 0.167. The summed E-state index contributed by atoms with van der Waals surface area (Å²) in [7, 11) is 3.92. The van der Waals surface area contributed by atoms with Crippen LogP contribution in [0.1, 0.15) is 50.3 Å². The highest BCUT2D eigenvalue weighted by molar-refractivity contribution is 5.75. The Labute approximate surface area is 153 Å². The van der Waals surface area contributed by atoms with E-state index in [2.05, 4.69) is 34.8 Å². The van der Waals surface area contributed by atoms with Crippen molar-refractivity contribution in [1.82, 2.24) is 24.9 Å². The Bertz CT molecular complexity index is 856. The molecule has 3 heterocycles. The largest absolute Gasteiger partial charge is 0.347 e. The van der Waals surface area contributed by atoms with Crippen molar-refractivity contribution in [1.29, 1.82) is 0 Å². The van der Waals surface area contributed by atoms with Gasteiger partial charge in [0.05, 0.1) is 17.1 Å². The standard InChI is InChI=1S/C19H25N7/c1-12(2)16-22-18(25(3)4)24-19(23-16)26-11-7-10-15(26)17-20-13-8-5-6-9-14(13)21-17/h5-6,8-9,12,15H,7,10-11H2,1-4H3,(H,20,21). The zero-order valence-electron chi connectivity index (χ0n) is 15.8. The molecule has 1 aliphatic heterocycles. The number of para-hydroxylation sites is 2. The predicted molar refractivity (Wildman–Crippen MR) is 104 cm³/mol. The normalized spacial score (nSPS) is 17.4. The molecule has 1 fully saturated rings. The SMILES string of the molecule is CC(C)c1nc(N(C)C)nc(N2CCCC2c2nc3ccccc3[nH]2)n1. The van der Waals surface area contributed by atoms with Crippen molar-refractivity contribution in [2.45, 2.75) is 38.6 Å². The Morgan fingerprint density at radius 3 is 2.65 bits per heavy atom. The molecule has 0 bridgehead atoms. The number of rotatable bonds is 4. The van der Waals surface area contributed by atoms with E-state index in [1.807, 2.05) is 37.2 Å². The molecule has 7 heteroatoms. The van der Waals surface area contributed by atoms with E-state index in [9.17, 15) is 0 Å². The van der Waals surface area contributed by atoms with Crippen molar-refractivity contribution < 1.29 is 0 Å². The van der Waals surface area contributed by atoms with Crippen molar-refractivity contribution in [2.24, 2.45) is 0 Å². The summed E-state index contributed by atoms with van der Waals surface area (Å²) < 4.78 is 0. The van der Waals surface area contributed by atoms with Crippen LogP contribution in [0.15, 0.2) is 24.3 Å². The number of aromatic amines is 1. The number of imidazole rings is 1. The summed E-state index contributed by atoms with van der Waals surface area (Å²) in [5.74, 6) is 3.52. The number of nitrogens with zero attached hydrogens (tertiary/aromatic N) is 6. The molecular weight excluding hydrogens is 326 g/mol. The third kappa shape index (κ3) is 2.98. The smallest absolute Gasteiger partial charge is 0.231 e. The number of fused-ring (bicyclic) bond motifs is 1. The van der Waals surface area contributed by atoms with Crippen LogP contribution in [0, 0.1) is 0 Å². The lowest BCUT2D eigenvalue weighted by molar-refractivity contribution is 0.653. The van der Waals surface area contributed by atoms with Gasteiger partial charge in [-0.2, -0.15) is 15.0 Å². The number of hydrogen-bond acceptors (Lipinski definition) is 6. The molecule has 1 N–H and O–H groups in total. The molecule has 4 rings (SSSR count). The number of benzene rings is 1. The maximum Gasteiger partial charge on any atom is 0.231 e. The minimum Gasteiger partial charge on any atom is -0.347 e. The highest BCUT2D eigenvalue weighted by Gasteiger charge is 2.31. The molecule has 2 aromatic heterocycles. The maximum atomic E-state index is 4.81. The lowest BCUT2D eigenvalue weighted by Crippen LogP contribution is -2.27. The van der Waals surface area contributed by atoms with Crippen LogP contribution in [0.25, 0.3) is 11.0 Å². The fourth-order valence-electron chi connectivity index (χ4n) is 3.38. The molecule has 7 nitrogen and oxygen atoms in total. The Morgan fingerprint density at radius 1 is 1.12 bits per heavy atom. The van der Waals surface area contributed by atoms with Gasteiger partial charge < -0.3 is 14.8 Å². The first-order valence-electron chi connectivity index (χ1n) is 9.17. The Kier molecular flexibility index (Phi) is 4.22. The zero-order valence-corrected chi connectivity index (χ0v) is 15.8. The van der Waals surface area contributed by atoms with Gasteiger partial charge in [-0.15, -0.1) is 0 Å². The summed E-state index contributed by atoms with van der Waals surface area (Å²) in [4.78, 5) is 26.5. The second-order valence-electron chi connectivity index (χ2n) is 7.33. The van der Waals surface area contributed by atoms with Gasteiger partial charge >= 0.3 is 0 Å². The first-order valence-corrected chi connectivity index (χ1v) is 9.17. The van der Waals surface area contributed by atoms with Gasteiger partial charge in [0, 0.05) is 26.6 Å². The molecule has 0 saturated carbocycles. The van der Waals surface area contributed by atoms with E-state index in [1.165, 1.54) is 0 Å². The fourth-order valence-corrected chi connectivity index (χ4v) is 3.38. The van der Waals surface area contributed by atoms with Crippen LogP contribution in [-0.2, 0) is 0 Å². The predicted octanol–water partition coefficient (Wildman–Crippen LogP) is 3.28. The van der Waals surface area contributed by atoms with Gasteiger partial charge in [0.1, 0.15) is 11.6 Å². The van der Waals surface area contributed by atoms with Gasteiger partial charge in [-0.05, 0) is 25.0 Å². The molecule has 0 amide bonds. The van der Waals surface area contributed by atoms with Crippen molar-refractivity contribution >= 4 is 22.9 Å². The molecule has 1 aromatic carbocycles. The van der Waals surface area contributed by atoms with Gasteiger partial charge in [0.15, 0.2) is 0 Å². The van der Waals surface area contributed by atoms with E-state index in [0.717, 1.165) is 48.0 Å². The van der Waals surface area contributed by atoms with Crippen LogP contribution in [0.5, 0.6) is 0 Å². The molecule has 1 unspecified atom stereocenters. The summed E-state index contributed by atoms with van der Waals surface area (Å²) in [6.45, 7) is 5.15. The van der Waals surface area contributed by atoms with Crippen LogP contribution in [0.3, 0.4) is 0 Å². The van der Waals surface area contributed by atoms with E-state index in [-0.39, 0.29) is 12.0 Å². The molecule has 1 aliphatic rings. The molecule has 136 valence electrons. The summed E-state index contributed by atoms with van der Waals surface area (Å²) >= 11 is 0. The quantitative estimate of drug-likeness (QED) is 0.777. The van der Waals surface area contributed by atoms with Gasteiger partial charge in [-0.1, -0.05) is 26.0 Å². The Hall–Kier alpha value is -2.70. The van der Waals surface area contributed by atoms with Crippen LogP contribution in [0.2, 0.25) is 0 Å². The molecule has 0 aliphatic carbocycles. The van der Waals surface area contributed by atoms with E-state index in [4.69, 9.17) is 15.0 Å². The number of nitrogens with one attached hydrogen (secondary N) is 1.